The van der Waals surface area contributed by atoms with Crippen LogP contribution in [-0.4, -0.2) is 51.7 Å². The molecule has 1 saturated heterocycles. The van der Waals surface area contributed by atoms with E-state index in [1.54, 1.807) is 24.5 Å². The first kappa shape index (κ1) is 19.2. The summed E-state index contributed by atoms with van der Waals surface area (Å²) in [4.78, 5) is 27.6. The molecule has 3 aromatic rings. The summed E-state index contributed by atoms with van der Waals surface area (Å²) < 4.78 is 27.6. The minimum Gasteiger partial charge on any atom is -0.348 e. The topological polar surface area (TPSA) is 121 Å². The molecule has 1 fully saturated rings. The second-order valence-corrected chi connectivity index (χ2v) is 8.66. The lowest BCUT2D eigenvalue weighted by atomic mass is 9.98. The average molecular weight is 412 g/mol. The van der Waals surface area contributed by atoms with E-state index in [1.165, 1.54) is 35.0 Å². The number of carbonyl (C=O) groups is 1. The SMILES string of the molecule is O=C(Nc1cccc(S(=O)(=O)N2CCC(c3ncc[nH]3)CC2)c1)c1cnccn1. The summed E-state index contributed by atoms with van der Waals surface area (Å²) in [6.45, 7) is 0.841. The van der Waals surface area contributed by atoms with E-state index in [4.69, 9.17) is 0 Å². The molecule has 0 unspecified atom stereocenters. The van der Waals surface area contributed by atoms with Gasteiger partial charge in [-0.05, 0) is 31.0 Å². The molecule has 2 aromatic heterocycles. The van der Waals surface area contributed by atoms with Gasteiger partial charge in [-0.3, -0.25) is 9.78 Å². The molecule has 0 spiro atoms. The molecule has 150 valence electrons. The van der Waals surface area contributed by atoms with Gasteiger partial charge >= 0.3 is 0 Å². The number of imidazole rings is 1. The molecule has 4 rings (SSSR count). The number of piperidine rings is 1. The summed E-state index contributed by atoms with van der Waals surface area (Å²) in [5, 5.41) is 2.66. The van der Waals surface area contributed by atoms with Gasteiger partial charge in [-0.1, -0.05) is 6.07 Å². The molecule has 1 aliphatic heterocycles. The summed E-state index contributed by atoms with van der Waals surface area (Å²) in [5.74, 6) is 0.678. The maximum absolute atomic E-state index is 13.1. The maximum Gasteiger partial charge on any atom is 0.275 e. The molecule has 0 atom stereocenters. The fourth-order valence-corrected chi connectivity index (χ4v) is 4.88. The molecule has 0 saturated carbocycles. The van der Waals surface area contributed by atoms with E-state index in [1.807, 2.05) is 0 Å². The summed E-state index contributed by atoms with van der Waals surface area (Å²) in [5.41, 5.74) is 0.535. The molecule has 2 N–H and O–H groups in total. The Morgan fingerprint density at radius 3 is 2.66 bits per heavy atom. The minimum atomic E-state index is -3.65. The van der Waals surface area contributed by atoms with Crippen LogP contribution in [0, 0.1) is 0 Å². The third kappa shape index (κ3) is 4.17. The van der Waals surface area contributed by atoms with Crippen molar-refractivity contribution in [3.63, 3.8) is 0 Å². The van der Waals surface area contributed by atoms with Crippen molar-refractivity contribution in [2.75, 3.05) is 18.4 Å². The molecule has 0 aliphatic carbocycles. The number of rotatable bonds is 5. The summed E-state index contributed by atoms with van der Waals surface area (Å²) in [6.07, 6.45) is 9.13. The Balaban J connectivity index is 1.46. The van der Waals surface area contributed by atoms with Gasteiger partial charge in [0.25, 0.3) is 5.91 Å². The van der Waals surface area contributed by atoms with Crippen LogP contribution in [0.3, 0.4) is 0 Å². The zero-order valence-electron chi connectivity index (χ0n) is 15.5. The lowest BCUT2D eigenvalue weighted by molar-refractivity contribution is 0.102. The molecule has 10 heteroatoms. The van der Waals surface area contributed by atoms with E-state index in [2.05, 4.69) is 25.3 Å². The van der Waals surface area contributed by atoms with E-state index in [9.17, 15) is 13.2 Å². The van der Waals surface area contributed by atoms with Gasteiger partial charge in [0, 0.05) is 49.5 Å². The van der Waals surface area contributed by atoms with E-state index < -0.39 is 15.9 Å². The summed E-state index contributed by atoms with van der Waals surface area (Å²) in [6, 6.07) is 6.24. The Labute approximate surface area is 168 Å². The normalized spacial score (nSPS) is 15.9. The average Bonchev–Trinajstić information content (AvgIpc) is 3.30. The number of nitrogens with zero attached hydrogens (tertiary/aromatic N) is 4. The number of benzene rings is 1. The molecule has 0 radical (unpaired) electrons. The molecular formula is C19H20N6O3S. The van der Waals surface area contributed by atoms with Gasteiger partial charge in [-0.25, -0.2) is 18.4 Å². The summed E-state index contributed by atoms with van der Waals surface area (Å²) in [7, 11) is -3.65. The van der Waals surface area contributed by atoms with Gasteiger partial charge in [0.15, 0.2) is 0 Å². The van der Waals surface area contributed by atoms with Crippen LogP contribution in [-0.2, 0) is 10.0 Å². The van der Waals surface area contributed by atoms with Crippen molar-refractivity contribution < 1.29 is 13.2 Å². The number of sulfonamides is 1. The van der Waals surface area contributed by atoms with Gasteiger partial charge in [0.1, 0.15) is 11.5 Å². The van der Waals surface area contributed by atoms with Gasteiger partial charge in [0.2, 0.25) is 10.0 Å². The van der Waals surface area contributed by atoms with Crippen LogP contribution < -0.4 is 5.32 Å². The van der Waals surface area contributed by atoms with Crippen LogP contribution in [0.2, 0.25) is 0 Å². The van der Waals surface area contributed by atoms with Crippen molar-refractivity contribution in [3.8, 4) is 0 Å². The Morgan fingerprint density at radius 1 is 1.14 bits per heavy atom. The maximum atomic E-state index is 13.1. The standard InChI is InChI=1S/C19H20N6O3S/c26-19(17-13-20-6-7-21-17)24-15-2-1-3-16(12-15)29(27,28)25-10-4-14(5-11-25)18-22-8-9-23-18/h1-3,6-9,12-14H,4-5,10-11H2,(H,22,23)(H,24,26). The van der Waals surface area contributed by atoms with Crippen molar-refractivity contribution in [1.82, 2.24) is 24.2 Å². The Bertz CT molecular complexity index is 1080. The number of amides is 1. The second kappa shape index (κ2) is 8.10. The highest BCUT2D eigenvalue weighted by molar-refractivity contribution is 7.89. The van der Waals surface area contributed by atoms with Gasteiger partial charge in [-0.15, -0.1) is 0 Å². The predicted molar refractivity (Wildman–Crippen MR) is 106 cm³/mol. The largest absolute Gasteiger partial charge is 0.348 e. The molecule has 29 heavy (non-hydrogen) atoms. The van der Waals surface area contributed by atoms with Crippen molar-refractivity contribution >= 4 is 21.6 Å². The lowest BCUT2D eigenvalue weighted by Gasteiger charge is -2.30. The highest BCUT2D eigenvalue weighted by Gasteiger charge is 2.31. The van der Waals surface area contributed by atoms with Crippen molar-refractivity contribution in [3.05, 3.63) is 66.8 Å². The minimum absolute atomic E-state index is 0.144. The van der Waals surface area contributed by atoms with Crippen molar-refractivity contribution in [2.45, 2.75) is 23.7 Å². The smallest absolute Gasteiger partial charge is 0.275 e. The number of H-pyrrole nitrogens is 1. The summed E-state index contributed by atoms with van der Waals surface area (Å²) >= 11 is 0. The fourth-order valence-electron chi connectivity index (χ4n) is 3.37. The predicted octanol–water partition coefficient (Wildman–Crippen LogP) is 2.02. The third-order valence-electron chi connectivity index (χ3n) is 4.89. The number of hydrogen-bond acceptors (Lipinski definition) is 6. The van der Waals surface area contributed by atoms with Crippen LogP contribution >= 0.6 is 0 Å². The molecule has 9 nitrogen and oxygen atoms in total. The molecule has 1 aromatic carbocycles. The number of hydrogen-bond donors (Lipinski definition) is 2. The molecule has 1 aliphatic rings. The first-order chi connectivity index (χ1) is 14.0. The Kier molecular flexibility index (Phi) is 5.36. The van der Waals surface area contributed by atoms with Crippen molar-refractivity contribution in [1.29, 1.82) is 0 Å². The number of aromatic amines is 1. The number of carbonyl (C=O) groups excluding carboxylic acids is 1. The Hall–Kier alpha value is -3.11. The first-order valence-corrected chi connectivity index (χ1v) is 10.6. The molecule has 3 heterocycles. The van der Waals surface area contributed by atoms with Crippen LogP contribution in [0.4, 0.5) is 5.69 Å². The van der Waals surface area contributed by atoms with E-state index in [0.29, 0.717) is 31.6 Å². The molecular weight excluding hydrogens is 392 g/mol. The highest BCUT2D eigenvalue weighted by Crippen LogP contribution is 2.29. The quantitative estimate of drug-likeness (QED) is 0.661. The first-order valence-electron chi connectivity index (χ1n) is 9.21. The zero-order valence-corrected chi connectivity index (χ0v) is 16.3. The Morgan fingerprint density at radius 2 is 1.97 bits per heavy atom. The van der Waals surface area contributed by atoms with Crippen LogP contribution in [0.25, 0.3) is 0 Å². The second-order valence-electron chi connectivity index (χ2n) is 6.73. The van der Waals surface area contributed by atoms with E-state index in [-0.39, 0.29) is 16.5 Å². The highest BCUT2D eigenvalue weighted by atomic mass is 32.2. The monoisotopic (exact) mass is 412 g/mol. The van der Waals surface area contributed by atoms with Gasteiger partial charge in [0.05, 0.1) is 11.1 Å². The molecule has 0 bridgehead atoms. The van der Waals surface area contributed by atoms with Crippen molar-refractivity contribution in [2.24, 2.45) is 0 Å². The number of nitrogens with one attached hydrogen (secondary N) is 2. The van der Waals surface area contributed by atoms with Crippen LogP contribution in [0.1, 0.15) is 35.1 Å². The van der Waals surface area contributed by atoms with Crippen LogP contribution in [0.15, 0.2) is 60.1 Å². The van der Waals surface area contributed by atoms with Crippen LogP contribution in [0.5, 0.6) is 0 Å². The zero-order chi connectivity index (χ0) is 20.3. The van der Waals surface area contributed by atoms with E-state index in [0.717, 1.165) is 5.82 Å². The van der Waals surface area contributed by atoms with E-state index >= 15 is 0 Å². The number of aromatic nitrogens is 4. The van der Waals surface area contributed by atoms with Gasteiger partial charge < -0.3 is 10.3 Å². The van der Waals surface area contributed by atoms with Gasteiger partial charge in [-0.2, -0.15) is 4.31 Å². The third-order valence-corrected chi connectivity index (χ3v) is 6.78. The lowest BCUT2D eigenvalue weighted by Crippen LogP contribution is -2.38. The number of anilines is 1. The molecule has 1 amide bonds. The fraction of sp³-hybridized carbons (Fsp3) is 0.263.